The van der Waals surface area contributed by atoms with Crippen LogP contribution in [0.4, 0.5) is 0 Å². The minimum atomic E-state index is -0.790. The van der Waals surface area contributed by atoms with E-state index in [4.69, 9.17) is 0 Å². The number of amides is 2. The van der Waals surface area contributed by atoms with Crippen LogP contribution in [0.1, 0.15) is 28.9 Å². The van der Waals surface area contributed by atoms with Crippen LogP contribution in [-0.4, -0.2) is 58.1 Å². The fourth-order valence-electron chi connectivity index (χ4n) is 2.93. The van der Waals surface area contributed by atoms with Crippen LogP contribution in [0.5, 0.6) is 0 Å². The van der Waals surface area contributed by atoms with Gasteiger partial charge in [0.1, 0.15) is 6.04 Å². The van der Waals surface area contributed by atoms with Crippen LogP contribution in [0.15, 0.2) is 17.5 Å². The number of nitrogens with zero attached hydrogens (tertiary/aromatic N) is 1. The summed E-state index contributed by atoms with van der Waals surface area (Å²) in [5.74, 6) is 1.38. The largest absolute Gasteiger partial charge is 0.387 e. The van der Waals surface area contributed by atoms with Gasteiger partial charge in [0.2, 0.25) is 5.91 Å². The first-order valence-corrected chi connectivity index (χ1v) is 9.55. The Labute approximate surface area is 138 Å². The van der Waals surface area contributed by atoms with Crippen LogP contribution in [0, 0.1) is 0 Å². The molecule has 2 aliphatic heterocycles. The summed E-state index contributed by atoms with van der Waals surface area (Å²) in [6.07, 6.45) is 2.24. The summed E-state index contributed by atoms with van der Waals surface area (Å²) in [5, 5.41) is 15.0. The molecule has 2 amide bonds. The van der Waals surface area contributed by atoms with E-state index < -0.39 is 11.6 Å². The van der Waals surface area contributed by atoms with Crippen LogP contribution in [0.25, 0.3) is 0 Å². The lowest BCUT2D eigenvalue weighted by Crippen LogP contribution is -2.50. The Morgan fingerprint density at radius 1 is 1.50 bits per heavy atom. The lowest BCUT2D eigenvalue weighted by molar-refractivity contribution is -0.125. The molecule has 7 heteroatoms. The molecule has 3 rings (SSSR count). The number of likely N-dealkylation sites (tertiary alicyclic amines) is 1. The monoisotopic (exact) mass is 340 g/mol. The highest BCUT2D eigenvalue weighted by Crippen LogP contribution is 2.27. The van der Waals surface area contributed by atoms with Crippen molar-refractivity contribution in [1.29, 1.82) is 0 Å². The molecule has 0 bridgehead atoms. The fraction of sp³-hybridized carbons (Fsp3) is 0.600. The van der Waals surface area contributed by atoms with E-state index in [2.05, 4.69) is 5.32 Å². The maximum Gasteiger partial charge on any atom is 0.264 e. The highest BCUT2D eigenvalue weighted by molar-refractivity contribution is 7.99. The average molecular weight is 340 g/mol. The standard InChI is InChI=1S/C15H20N2O3S2/c18-13(16-9-15(20)5-8-21-10-15)11-3-1-6-17(11)14(19)12-4-2-7-22-12/h2,4,7,11,20H,1,3,5-6,8-10H2,(H,16,18)/t11-,15-/m0/s1. The third kappa shape index (κ3) is 3.31. The number of thioether (sulfide) groups is 1. The van der Waals surface area contributed by atoms with E-state index in [1.54, 1.807) is 22.7 Å². The summed E-state index contributed by atoms with van der Waals surface area (Å²) < 4.78 is 0. The van der Waals surface area contributed by atoms with Gasteiger partial charge in [-0.3, -0.25) is 9.59 Å². The second-order valence-electron chi connectivity index (χ2n) is 5.88. The molecule has 120 valence electrons. The first-order valence-electron chi connectivity index (χ1n) is 7.51. The predicted octanol–water partition coefficient (Wildman–Crippen LogP) is 1.34. The maximum atomic E-state index is 12.5. The number of carbonyl (C=O) groups is 2. The molecule has 1 aromatic rings. The van der Waals surface area contributed by atoms with Crippen molar-refractivity contribution >= 4 is 34.9 Å². The van der Waals surface area contributed by atoms with Crippen molar-refractivity contribution in [3.63, 3.8) is 0 Å². The first kappa shape index (κ1) is 15.8. The van der Waals surface area contributed by atoms with Gasteiger partial charge in [-0.25, -0.2) is 0 Å². The lowest BCUT2D eigenvalue weighted by atomic mass is 10.0. The summed E-state index contributed by atoms with van der Waals surface area (Å²) >= 11 is 3.10. The fourth-order valence-corrected chi connectivity index (χ4v) is 4.90. The Kier molecular flexibility index (Phi) is 4.75. The molecule has 0 saturated carbocycles. The van der Waals surface area contributed by atoms with Gasteiger partial charge in [0.05, 0.1) is 10.5 Å². The van der Waals surface area contributed by atoms with Gasteiger partial charge in [-0.05, 0) is 36.5 Å². The quantitative estimate of drug-likeness (QED) is 0.868. The number of aliphatic hydroxyl groups is 1. The van der Waals surface area contributed by atoms with E-state index in [0.29, 0.717) is 30.0 Å². The van der Waals surface area contributed by atoms with Crippen molar-refractivity contribution in [1.82, 2.24) is 10.2 Å². The van der Waals surface area contributed by atoms with E-state index >= 15 is 0 Å². The molecule has 0 radical (unpaired) electrons. The Morgan fingerprint density at radius 3 is 3.05 bits per heavy atom. The Bertz CT molecular complexity index is 541. The molecule has 5 nitrogen and oxygen atoms in total. The number of hydrogen-bond acceptors (Lipinski definition) is 5. The first-order chi connectivity index (χ1) is 10.6. The van der Waals surface area contributed by atoms with Crippen LogP contribution >= 0.6 is 23.1 Å². The minimum absolute atomic E-state index is 0.0669. The number of nitrogens with one attached hydrogen (secondary N) is 1. The van der Waals surface area contributed by atoms with Gasteiger partial charge < -0.3 is 15.3 Å². The second-order valence-corrected chi connectivity index (χ2v) is 7.93. The Hall–Kier alpha value is -1.05. The summed E-state index contributed by atoms with van der Waals surface area (Å²) in [5.41, 5.74) is -0.790. The molecule has 2 saturated heterocycles. The summed E-state index contributed by atoms with van der Waals surface area (Å²) in [7, 11) is 0. The number of rotatable bonds is 4. The number of hydrogen-bond donors (Lipinski definition) is 2. The summed E-state index contributed by atoms with van der Waals surface area (Å²) in [6.45, 7) is 0.894. The van der Waals surface area contributed by atoms with E-state index in [1.807, 2.05) is 11.4 Å². The molecule has 22 heavy (non-hydrogen) atoms. The van der Waals surface area contributed by atoms with Gasteiger partial charge in [-0.2, -0.15) is 11.8 Å². The second kappa shape index (κ2) is 6.60. The molecule has 0 unspecified atom stereocenters. The molecule has 3 heterocycles. The highest BCUT2D eigenvalue weighted by atomic mass is 32.2. The van der Waals surface area contributed by atoms with Crippen molar-refractivity contribution in [2.45, 2.75) is 30.9 Å². The molecule has 2 aliphatic rings. The Morgan fingerprint density at radius 2 is 2.36 bits per heavy atom. The normalized spacial score (nSPS) is 28.0. The van der Waals surface area contributed by atoms with Crippen molar-refractivity contribution in [3.8, 4) is 0 Å². The van der Waals surface area contributed by atoms with Crippen molar-refractivity contribution in [2.75, 3.05) is 24.6 Å². The minimum Gasteiger partial charge on any atom is -0.387 e. The number of thiophene rings is 1. The van der Waals surface area contributed by atoms with Crippen molar-refractivity contribution < 1.29 is 14.7 Å². The molecule has 2 atom stereocenters. The van der Waals surface area contributed by atoms with Gasteiger partial charge in [0.25, 0.3) is 5.91 Å². The lowest BCUT2D eigenvalue weighted by Gasteiger charge is -2.26. The summed E-state index contributed by atoms with van der Waals surface area (Å²) in [4.78, 5) is 27.2. The zero-order chi connectivity index (χ0) is 15.6. The van der Waals surface area contributed by atoms with E-state index in [0.717, 1.165) is 12.2 Å². The SMILES string of the molecule is O=C(NC[C@@]1(O)CCSC1)[C@@H]1CCCN1C(=O)c1cccs1. The molecular formula is C15H20N2O3S2. The third-order valence-electron chi connectivity index (χ3n) is 4.22. The number of carbonyl (C=O) groups excluding carboxylic acids is 2. The van der Waals surface area contributed by atoms with Gasteiger partial charge in [0.15, 0.2) is 0 Å². The van der Waals surface area contributed by atoms with E-state index in [1.165, 1.54) is 11.3 Å². The highest BCUT2D eigenvalue weighted by Gasteiger charge is 2.37. The molecule has 0 spiro atoms. The zero-order valence-electron chi connectivity index (χ0n) is 12.3. The van der Waals surface area contributed by atoms with Gasteiger partial charge in [0, 0.05) is 18.8 Å². The van der Waals surface area contributed by atoms with Crippen molar-refractivity contribution in [2.24, 2.45) is 0 Å². The van der Waals surface area contributed by atoms with E-state index in [-0.39, 0.29) is 18.4 Å². The topological polar surface area (TPSA) is 69.6 Å². The molecule has 2 fully saturated rings. The van der Waals surface area contributed by atoms with Crippen LogP contribution in [0.2, 0.25) is 0 Å². The molecule has 0 aliphatic carbocycles. The molecule has 2 N–H and O–H groups in total. The average Bonchev–Trinajstić information content (AvgIpc) is 3.25. The van der Waals surface area contributed by atoms with E-state index in [9.17, 15) is 14.7 Å². The van der Waals surface area contributed by atoms with Gasteiger partial charge in [-0.15, -0.1) is 11.3 Å². The third-order valence-corrected chi connectivity index (χ3v) is 6.31. The predicted molar refractivity (Wildman–Crippen MR) is 88.3 cm³/mol. The van der Waals surface area contributed by atoms with Crippen molar-refractivity contribution in [3.05, 3.63) is 22.4 Å². The molecule has 0 aromatic carbocycles. The van der Waals surface area contributed by atoms with Gasteiger partial charge >= 0.3 is 0 Å². The molecular weight excluding hydrogens is 320 g/mol. The Balaban J connectivity index is 1.60. The van der Waals surface area contributed by atoms with Crippen LogP contribution in [-0.2, 0) is 4.79 Å². The summed E-state index contributed by atoms with van der Waals surface area (Å²) in [6, 6.07) is 3.22. The molecule has 1 aromatic heterocycles. The van der Waals surface area contributed by atoms with Gasteiger partial charge in [-0.1, -0.05) is 6.07 Å². The van der Waals surface area contributed by atoms with Crippen LogP contribution < -0.4 is 5.32 Å². The van der Waals surface area contributed by atoms with Crippen LogP contribution in [0.3, 0.4) is 0 Å². The smallest absolute Gasteiger partial charge is 0.264 e. The maximum absolute atomic E-state index is 12.5. The zero-order valence-corrected chi connectivity index (χ0v) is 13.9.